The van der Waals surface area contributed by atoms with E-state index in [2.05, 4.69) is 22.5 Å². The number of aliphatic hydroxyl groups excluding tert-OH is 1. The van der Waals surface area contributed by atoms with E-state index in [9.17, 15) is 14.4 Å². The van der Waals surface area contributed by atoms with Gasteiger partial charge < -0.3 is 24.4 Å². The molecule has 0 aromatic carbocycles. The third kappa shape index (κ3) is 4.60. The molecule has 3 aliphatic rings. The van der Waals surface area contributed by atoms with Gasteiger partial charge in [0.05, 0.1) is 24.5 Å². The second-order valence-electron chi connectivity index (χ2n) is 9.46. The van der Waals surface area contributed by atoms with Crippen LogP contribution in [-0.4, -0.2) is 87.6 Å². The molecule has 6 atom stereocenters. The predicted octanol–water partition coefficient (Wildman–Crippen LogP) is 2.27. The number of halogens is 1. The average molecular weight is 529 g/mol. The first-order chi connectivity index (χ1) is 15.7. The lowest BCUT2D eigenvalue weighted by atomic mass is 9.70. The number of esters is 1. The van der Waals surface area contributed by atoms with Crippen LogP contribution in [0.3, 0.4) is 0 Å². The number of aliphatic hydroxyl groups is 1. The van der Waals surface area contributed by atoms with Crippen LogP contribution in [0.4, 0.5) is 0 Å². The summed E-state index contributed by atoms with van der Waals surface area (Å²) >= 11 is 3.65. The Morgan fingerprint density at radius 2 is 2.06 bits per heavy atom. The molecule has 0 aliphatic carbocycles. The van der Waals surface area contributed by atoms with Gasteiger partial charge in [-0.05, 0) is 40.0 Å². The van der Waals surface area contributed by atoms with Crippen LogP contribution in [0.2, 0.25) is 0 Å². The standard InChI is InChI=1S/C24H37BrN2O6/c1-5-11-26(15(3)4)22(30)20-24-14-16(25)19(33-24)17(23(31)32-6-2)18(24)21(29)27(20)12-9-7-8-10-13-28/h5,15-20,28H,1,6-14H2,2-4H3/t16?,17-,18+,19-,20-,24+/m1/s1. The van der Waals surface area contributed by atoms with Gasteiger partial charge in [-0.25, -0.2) is 0 Å². The van der Waals surface area contributed by atoms with Crippen molar-refractivity contribution in [3.63, 3.8) is 0 Å². The summed E-state index contributed by atoms with van der Waals surface area (Å²) in [5, 5.41) is 9.04. The van der Waals surface area contributed by atoms with Gasteiger partial charge in [-0.1, -0.05) is 34.8 Å². The van der Waals surface area contributed by atoms with Gasteiger partial charge in [0, 0.05) is 30.6 Å². The molecule has 33 heavy (non-hydrogen) atoms. The van der Waals surface area contributed by atoms with E-state index in [0.717, 1.165) is 12.8 Å². The van der Waals surface area contributed by atoms with E-state index in [4.69, 9.17) is 14.6 Å². The van der Waals surface area contributed by atoms with Gasteiger partial charge in [0.2, 0.25) is 11.8 Å². The zero-order valence-electron chi connectivity index (χ0n) is 19.9. The maximum absolute atomic E-state index is 13.9. The first-order valence-electron chi connectivity index (χ1n) is 12.1. The predicted molar refractivity (Wildman–Crippen MR) is 127 cm³/mol. The van der Waals surface area contributed by atoms with Crippen LogP contribution in [-0.2, 0) is 23.9 Å². The monoisotopic (exact) mass is 528 g/mol. The van der Waals surface area contributed by atoms with Crippen molar-refractivity contribution in [2.75, 3.05) is 26.3 Å². The number of likely N-dealkylation sites (tertiary alicyclic amines) is 1. The van der Waals surface area contributed by atoms with Gasteiger partial charge in [0.1, 0.15) is 11.6 Å². The third-order valence-electron chi connectivity index (χ3n) is 7.12. The van der Waals surface area contributed by atoms with Crippen LogP contribution in [0.25, 0.3) is 0 Å². The molecule has 2 amide bonds. The summed E-state index contributed by atoms with van der Waals surface area (Å²) in [7, 11) is 0. The van der Waals surface area contributed by atoms with Crippen LogP contribution in [0.15, 0.2) is 12.7 Å². The van der Waals surface area contributed by atoms with Crippen molar-refractivity contribution in [1.82, 2.24) is 9.80 Å². The van der Waals surface area contributed by atoms with Crippen LogP contribution in [0.1, 0.15) is 52.9 Å². The fourth-order valence-corrected chi connectivity index (χ4v) is 6.70. The van der Waals surface area contributed by atoms with Crippen molar-refractivity contribution in [3.05, 3.63) is 12.7 Å². The van der Waals surface area contributed by atoms with E-state index in [1.54, 1.807) is 22.8 Å². The van der Waals surface area contributed by atoms with Crippen molar-refractivity contribution in [2.24, 2.45) is 11.8 Å². The zero-order valence-corrected chi connectivity index (χ0v) is 21.5. The Morgan fingerprint density at radius 3 is 2.67 bits per heavy atom. The maximum Gasteiger partial charge on any atom is 0.312 e. The summed E-state index contributed by atoms with van der Waals surface area (Å²) in [6, 6.07) is -0.869. The Kier molecular flexibility index (Phi) is 8.61. The largest absolute Gasteiger partial charge is 0.466 e. The molecule has 186 valence electrons. The molecule has 9 heteroatoms. The number of hydrogen-bond donors (Lipinski definition) is 1. The lowest BCUT2D eigenvalue weighted by Crippen LogP contribution is -2.58. The highest BCUT2D eigenvalue weighted by Gasteiger charge is 2.77. The first-order valence-corrected chi connectivity index (χ1v) is 13.0. The zero-order chi connectivity index (χ0) is 24.3. The van der Waals surface area contributed by atoms with Crippen LogP contribution < -0.4 is 0 Å². The summed E-state index contributed by atoms with van der Waals surface area (Å²) in [5.41, 5.74) is -1.05. The molecule has 1 N–H and O–H groups in total. The van der Waals surface area contributed by atoms with Gasteiger partial charge in [-0.2, -0.15) is 0 Å². The Balaban J connectivity index is 1.97. The van der Waals surface area contributed by atoms with E-state index < -0.39 is 35.6 Å². The highest BCUT2D eigenvalue weighted by molar-refractivity contribution is 9.09. The van der Waals surface area contributed by atoms with Gasteiger partial charge in [-0.3, -0.25) is 14.4 Å². The van der Waals surface area contributed by atoms with E-state index in [1.165, 1.54) is 0 Å². The minimum absolute atomic E-state index is 0.0771. The first kappa shape index (κ1) is 26.2. The van der Waals surface area contributed by atoms with E-state index >= 15 is 0 Å². The van der Waals surface area contributed by atoms with Crippen molar-refractivity contribution in [1.29, 1.82) is 0 Å². The molecule has 8 nitrogen and oxygen atoms in total. The molecule has 3 fully saturated rings. The molecule has 1 unspecified atom stereocenters. The topological polar surface area (TPSA) is 96.4 Å². The highest BCUT2D eigenvalue weighted by Crippen LogP contribution is 2.60. The van der Waals surface area contributed by atoms with E-state index in [-0.39, 0.29) is 35.9 Å². The van der Waals surface area contributed by atoms with Crippen LogP contribution >= 0.6 is 15.9 Å². The Labute approximate surface area is 204 Å². The Bertz CT molecular complexity index is 761. The van der Waals surface area contributed by atoms with Gasteiger partial charge >= 0.3 is 5.97 Å². The van der Waals surface area contributed by atoms with Crippen LogP contribution in [0.5, 0.6) is 0 Å². The second kappa shape index (κ2) is 10.9. The number of nitrogens with zero attached hydrogens (tertiary/aromatic N) is 2. The summed E-state index contributed by atoms with van der Waals surface area (Å²) in [4.78, 5) is 43.9. The molecule has 3 rings (SSSR count). The minimum Gasteiger partial charge on any atom is -0.466 e. The summed E-state index contributed by atoms with van der Waals surface area (Å²) in [6.45, 7) is 10.6. The second-order valence-corrected chi connectivity index (χ2v) is 10.6. The van der Waals surface area contributed by atoms with Crippen molar-refractivity contribution < 1.29 is 29.0 Å². The lowest BCUT2D eigenvalue weighted by molar-refractivity contribution is -0.155. The van der Waals surface area contributed by atoms with E-state index in [1.807, 2.05) is 13.8 Å². The average Bonchev–Trinajstić information content (AvgIpc) is 3.35. The molecule has 2 bridgehead atoms. The molecule has 1 spiro atoms. The number of carbonyl (C=O) groups excluding carboxylic acids is 3. The van der Waals surface area contributed by atoms with Gasteiger partial charge in [0.15, 0.2) is 0 Å². The third-order valence-corrected chi connectivity index (χ3v) is 7.97. The Hall–Kier alpha value is -1.45. The van der Waals surface area contributed by atoms with Crippen molar-refractivity contribution in [2.45, 2.75) is 81.5 Å². The number of ether oxygens (including phenoxy) is 2. The Morgan fingerprint density at radius 1 is 1.36 bits per heavy atom. The molecule has 3 saturated heterocycles. The summed E-state index contributed by atoms with van der Waals surface area (Å²) in [6.07, 6.45) is 4.80. The smallest absolute Gasteiger partial charge is 0.312 e. The minimum atomic E-state index is -1.05. The van der Waals surface area contributed by atoms with Crippen molar-refractivity contribution >= 4 is 33.7 Å². The SMILES string of the molecule is C=CCN(C(=O)[C@H]1N(CCCCCCO)C(=O)[C@@H]2[C@@H](C(=O)OCC)[C@@H]3O[C@@]21CC3Br)C(C)C. The maximum atomic E-state index is 13.9. The van der Waals surface area contributed by atoms with Crippen LogP contribution in [0, 0.1) is 11.8 Å². The summed E-state index contributed by atoms with van der Waals surface area (Å²) in [5.74, 6) is -2.25. The van der Waals surface area contributed by atoms with Gasteiger partial charge in [0.25, 0.3) is 0 Å². The number of carbonyl (C=O) groups is 3. The molecule has 3 aliphatic heterocycles. The normalized spacial score (nSPS) is 32.4. The number of hydrogen-bond acceptors (Lipinski definition) is 6. The molecule has 0 aromatic heterocycles. The highest BCUT2D eigenvalue weighted by atomic mass is 79.9. The van der Waals surface area contributed by atoms with Gasteiger partial charge in [-0.15, -0.1) is 6.58 Å². The molecule has 0 aromatic rings. The molecular formula is C24H37BrN2O6. The quantitative estimate of drug-likeness (QED) is 0.180. The lowest BCUT2D eigenvalue weighted by Gasteiger charge is -2.38. The van der Waals surface area contributed by atoms with E-state index in [0.29, 0.717) is 32.4 Å². The van der Waals surface area contributed by atoms with Crippen molar-refractivity contribution in [3.8, 4) is 0 Å². The summed E-state index contributed by atoms with van der Waals surface area (Å²) < 4.78 is 11.8. The number of fused-ring (bicyclic) bond motifs is 1. The molecule has 3 heterocycles. The molecule has 0 radical (unpaired) electrons. The number of unbranched alkanes of at least 4 members (excludes halogenated alkanes) is 3. The number of rotatable bonds is 12. The fourth-order valence-electron chi connectivity index (χ4n) is 5.76. The fraction of sp³-hybridized carbons (Fsp3) is 0.792. The molecule has 0 saturated carbocycles. The number of amides is 2. The number of alkyl halides is 1. The molecular weight excluding hydrogens is 492 g/mol.